The third-order valence-electron chi connectivity index (χ3n) is 3.54. The molecule has 14 heavy (non-hydrogen) atoms. The second-order valence-electron chi connectivity index (χ2n) is 4.71. The van der Waals surface area contributed by atoms with Crippen molar-refractivity contribution in [3.05, 3.63) is 0 Å². The first-order valence-electron chi connectivity index (χ1n) is 5.35. The molecule has 1 N–H and O–H groups in total. The van der Waals surface area contributed by atoms with Crippen LogP contribution in [0.2, 0.25) is 0 Å². The number of hydrogen-bond donors (Lipinski definition) is 1. The highest BCUT2D eigenvalue weighted by atomic mass is 16.1. The van der Waals surface area contributed by atoms with Gasteiger partial charge in [-0.1, -0.05) is 0 Å². The Balaban J connectivity index is 1.77. The summed E-state index contributed by atoms with van der Waals surface area (Å²) in [7, 11) is 0. The van der Waals surface area contributed by atoms with Crippen molar-refractivity contribution in [1.82, 2.24) is 5.32 Å². The first-order chi connectivity index (χ1) is 6.68. The Bertz CT molecular complexity index is 284. The summed E-state index contributed by atoms with van der Waals surface area (Å²) in [6.07, 6.45) is 5.20. The minimum absolute atomic E-state index is 0.112. The molecule has 2 rings (SSSR count). The molecule has 0 aromatic carbocycles. The van der Waals surface area contributed by atoms with E-state index in [1.54, 1.807) is 6.92 Å². The molecule has 0 radical (unpaired) electrons. The van der Waals surface area contributed by atoms with E-state index in [-0.39, 0.29) is 5.91 Å². The first-order valence-corrected chi connectivity index (χ1v) is 5.35. The smallest absolute Gasteiger partial charge is 0.237 e. The Morgan fingerprint density at radius 2 is 2.29 bits per heavy atom. The molecule has 1 amide bonds. The van der Waals surface area contributed by atoms with Crippen molar-refractivity contribution < 1.29 is 4.79 Å². The molecule has 0 saturated heterocycles. The fourth-order valence-corrected chi connectivity index (χ4v) is 2.06. The Morgan fingerprint density at radius 3 is 2.71 bits per heavy atom. The van der Waals surface area contributed by atoms with Gasteiger partial charge in [0.1, 0.15) is 5.92 Å². The molecule has 1 unspecified atom stereocenters. The number of nitrogens with zero attached hydrogens (tertiary/aromatic N) is 1. The summed E-state index contributed by atoms with van der Waals surface area (Å²) in [5, 5.41) is 11.5. The monoisotopic (exact) mass is 192 g/mol. The highest BCUT2D eigenvalue weighted by molar-refractivity contribution is 5.80. The van der Waals surface area contributed by atoms with Crippen LogP contribution in [-0.2, 0) is 4.79 Å². The Morgan fingerprint density at radius 1 is 1.64 bits per heavy atom. The number of hydrogen-bond acceptors (Lipinski definition) is 2. The van der Waals surface area contributed by atoms with Crippen molar-refractivity contribution >= 4 is 5.91 Å². The lowest BCUT2D eigenvalue weighted by Crippen LogP contribution is -2.34. The van der Waals surface area contributed by atoms with Crippen molar-refractivity contribution in [2.75, 3.05) is 6.54 Å². The van der Waals surface area contributed by atoms with Gasteiger partial charge in [-0.2, -0.15) is 5.26 Å². The van der Waals surface area contributed by atoms with E-state index in [9.17, 15) is 4.79 Å². The highest BCUT2D eigenvalue weighted by Crippen LogP contribution is 2.60. The predicted octanol–water partition coefficient (Wildman–Crippen LogP) is 1.45. The van der Waals surface area contributed by atoms with Gasteiger partial charge in [0.15, 0.2) is 0 Å². The lowest BCUT2D eigenvalue weighted by atomic mass is 10.0. The molecule has 0 aliphatic heterocycles. The number of rotatable bonds is 4. The van der Waals surface area contributed by atoms with Crippen LogP contribution in [0.5, 0.6) is 0 Å². The summed E-state index contributed by atoms with van der Waals surface area (Å²) in [5.41, 5.74) is 0.435. The van der Waals surface area contributed by atoms with Gasteiger partial charge in [0, 0.05) is 6.54 Å². The maximum Gasteiger partial charge on any atom is 0.237 e. The Kier molecular flexibility index (Phi) is 2.22. The number of nitrogens with one attached hydrogen (secondary N) is 1. The fraction of sp³-hybridized carbons (Fsp3) is 0.818. The average molecular weight is 192 g/mol. The largest absolute Gasteiger partial charge is 0.354 e. The van der Waals surface area contributed by atoms with E-state index in [0.29, 0.717) is 5.41 Å². The molecular weight excluding hydrogens is 176 g/mol. The van der Waals surface area contributed by atoms with Gasteiger partial charge in [0.2, 0.25) is 5.91 Å². The molecule has 76 valence electrons. The van der Waals surface area contributed by atoms with Crippen LogP contribution in [0.15, 0.2) is 0 Å². The van der Waals surface area contributed by atoms with E-state index >= 15 is 0 Å². The highest BCUT2D eigenvalue weighted by Gasteiger charge is 2.53. The lowest BCUT2D eigenvalue weighted by molar-refractivity contribution is -0.123. The summed E-state index contributed by atoms with van der Waals surface area (Å²) in [6, 6.07) is 1.95. The van der Waals surface area contributed by atoms with Gasteiger partial charge in [0.05, 0.1) is 6.07 Å². The summed E-state index contributed by atoms with van der Waals surface area (Å²) >= 11 is 0. The van der Waals surface area contributed by atoms with Crippen LogP contribution >= 0.6 is 0 Å². The number of carbonyl (C=O) groups excluding carboxylic acids is 1. The van der Waals surface area contributed by atoms with Crippen molar-refractivity contribution in [2.45, 2.75) is 32.6 Å². The van der Waals surface area contributed by atoms with Gasteiger partial charge >= 0.3 is 0 Å². The average Bonchev–Trinajstić information content (AvgIpc) is 3.03. The van der Waals surface area contributed by atoms with E-state index in [1.165, 1.54) is 25.7 Å². The van der Waals surface area contributed by atoms with Gasteiger partial charge < -0.3 is 5.32 Å². The molecule has 2 fully saturated rings. The van der Waals surface area contributed by atoms with Gasteiger partial charge in [-0.05, 0) is 43.9 Å². The zero-order chi connectivity index (χ0) is 10.2. The number of carbonyl (C=O) groups is 1. The fourth-order valence-electron chi connectivity index (χ4n) is 2.06. The van der Waals surface area contributed by atoms with E-state index in [0.717, 1.165) is 12.5 Å². The first kappa shape index (κ1) is 9.51. The molecule has 2 aliphatic carbocycles. The SMILES string of the molecule is CC(C#N)C(=O)NCC1(C2CC2)CC1. The molecule has 2 saturated carbocycles. The molecule has 0 spiro atoms. The van der Waals surface area contributed by atoms with Crippen LogP contribution in [0.25, 0.3) is 0 Å². The summed E-state index contributed by atoms with van der Waals surface area (Å²) in [4.78, 5) is 11.4. The number of amides is 1. The molecule has 0 heterocycles. The van der Waals surface area contributed by atoms with Crippen LogP contribution in [-0.4, -0.2) is 12.5 Å². The molecule has 1 atom stereocenters. The van der Waals surface area contributed by atoms with E-state index in [4.69, 9.17) is 5.26 Å². The molecule has 0 bridgehead atoms. The second kappa shape index (κ2) is 3.27. The summed E-state index contributed by atoms with van der Waals surface area (Å²) in [5.74, 6) is 0.240. The molecule has 3 heteroatoms. The normalized spacial score (nSPS) is 24.9. The molecule has 0 aromatic heterocycles. The van der Waals surface area contributed by atoms with Crippen LogP contribution in [0.1, 0.15) is 32.6 Å². The molecule has 0 aromatic rings. The summed E-state index contributed by atoms with van der Waals surface area (Å²) in [6.45, 7) is 2.44. The minimum Gasteiger partial charge on any atom is -0.354 e. The molecule has 2 aliphatic rings. The number of nitriles is 1. The van der Waals surface area contributed by atoms with Crippen LogP contribution < -0.4 is 5.32 Å². The van der Waals surface area contributed by atoms with Crippen LogP contribution in [0.3, 0.4) is 0 Å². The van der Waals surface area contributed by atoms with E-state index in [2.05, 4.69) is 5.32 Å². The van der Waals surface area contributed by atoms with Crippen molar-refractivity contribution in [2.24, 2.45) is 17.3 Å². The third kappa shape index (κ3) is 1.75. The van der Waals surface area contributed by atoms with Gasteiger partial charge in [-0.25, -0.2) is 0 Å². The lowest BCUT2D eigenvalue weighted by Gasteiger charge is -2.15. The topological polar surface area (TPSA) is 52.9 Å². The quantitative estimate of drug-likeness (QED) is 0.733. The van der Waals surface area contributed by atoms with Crippen molar-refractivity contribution in [3.8, 4) is 6.07 Å². The zero-order valence-corrected chi connectivity index (χ0v) is 8.55. The zero-order valence-electron chi connectivity index (χ0n) is 8.55. The predicted molar refractivity (Wildman–Crippen MR) is 52.2 cm³/mol. The van der Waals surface area contributed by atoms with Gasteiger partial charge in [0.25, 0.3) is 0 Å². The van der Waals surface area contributed by atoms with E-state index in [1.807, 2.05) is 6.07 Å². The second-order valence-corrected chi connectivity index (χ2v) is 4.71. The minimum atomic E-state index is -0.509. The van der Waals surface area contributed by atoms with Gasteiger partial charge in [-0.3, -0.25) is 4.79 Å². The molecular formula is C11H16N2O. The maximum absolute atomic E-state index is 11.4. The van der Waals surface area contributed by atoms with Gasteiger partial charge in [-0.15, -0.1) is 0 Å². The standard InChI is InChI=1S/C11H16N2O/c1-8(6-12)10(14)13-7-11(4-5-11)9-2-3-9/h8-9H,2-5,7H2,1H3,(H,13,14). The molecule has 3 nitrogen and oxygen atoms in total. The van der Waals surface area contributed by atoms with E-state index < -0.39 is 5.92 Å². The van der Waals surface area contributed by atoms with Crippen molar-refractivity contribution in [3.63, 3.8) is 0 Å². The van der Waals surface area contributed by atoms with Crippen molar-refractivity contribution in [1.29, 1.82) is 5.26 Å². The Labute approximate surface area is 84.5 Å². The Hall–Kier alpha value is -1.04. The van der Waals surface area contributed by atoms with Crippen LogP contribution in [0, 0.1) is 28.6 Å². The summed E-state index contributed by atoms with van der Waals surface area (Å²) < 4.78 is 0. The maximum atomic E-state index is 11.4. The van der Waals surface area contributed by atoms with Crippen LogP contribution in [0.4, 0.5) is 0 Å². The third-order valence-corrected chi connectivity index (χ3v) is 3.54.